The highest BCUT2D eigenvalue weighted by Crippen LogP contribution is 2.52. The van der Waals surface area contributed by atoms with Gasteiger partial charge < -0.3 is 18.5 Å². The molecule has 0 heterocycles. The Morgan fingerprint density at radius 1 is 0.774 bits per heavy atom. The molecule has 3 aromatic rings. The minimum absolute atomic E-state index is 0.247. The van der Waals surface area contributed by atoms with Crippen molar-refractivity contribution in [2.45, 2.75) is 29.8 Å². The van der Waals surface area contributed by atoms with Gasteiger partial charge >= 0.3 is 7.60 Å². The normalized spacial score (nSPS) is 11.3. The van der Waals surface area contributed by atoms with E-state index in [2.05, 4.69) is 0 Å². The number of methoxy groups -OCH3 is 1. The van der Waals surface area contributed by atoms with Crippen LogP contribution in [0.3, 0.4) is 0 Å². The van der Waals surface area contributed by atoms with Crippen molar-refractivity contribution >= 4 is 19.4 Å². The molecule has 3 aromatic carbocycles. The average molecular weight is 459 g/mol. The lowest BCUT2D eigenvalue weighted by Gasteiger charge is -2.18. The van der Waals surface area contributed by atoms with Gasteiger partial charge in [0.1, 0.15) is 17.2 Å². The van der Waals surface area contributed by atoms with Gasteiger partial charge in [0, 0.05) is 9.79 Å². The Morgan fingerprint density at radius 3 is 1.90 bits per heavy atom. The number of benzene rings is 3. The van der Waals surface area contributed by atoms with E-state index >= 15 is 0 Å². The highest BCUT2D eigenvalue weighted by molar-refractivity contribution is 7.99. The maximum absolute atomic E-state index is 13.0. The summed E-state index contributed by atoms with van der Waals surface area (Å²) in [6.45, 7) is 4.34. The van der Waals surface area contributed by atoms with Crippen molar-refractivity contribution in [2.75, 3.05) is 20.3 Å². The number of ether oxygens (including phenoxy) is 2. The Bertz CT molecular complexity index is 995. The summed E-state index contributed by atoms with van der Waals surface area (Å²) in [7, 11) is -1.53. The maximum Gasteiger partial charge on any atom is 0.335 e. The molecule has 0 aliphatic heterocycles. The number of hydrogen-bond acceptors (Lipinski definition) is 6. The number of hydrogen-bond donors (Lipinski definition) is 0. The van der Waals surface area contributed by atoms with E-state index in [1.54, 1.807) is 18.9 Å². The molecule has 7 heteroatoms. The van der Waals surface area contributed by atoms with E-state index < -0.39 is 7.60 Å². The molecule has 164 valence electrons. The first-order valence-corrected chi connectivity index (χ1v) is 12.7. The lowest BCUT2D eigenvalue weighted by atomic mass is 10.2. The highest BCUT2D eigenvalue weighted by atomic mass is 32.2. The van der Waals surface area contributed by atoms with Crippen LogP contribution in [0, 0.1) is 0 Å². The third-order valence-corrected chi connectivity index (χ3v) is 7.49. The van der Waals surface area contributed by atoms with E-state index in [-0.39, 0.29) is 6.16 Å². The minimum Gasteiger partial charge on any atom is -0.497 e. The SMILES string of the molecule is CCOP(=O)(Cc1ccccc1Sc1ccc(Oc2ccc(OC)cc2)cc1)OCC. The zero-order valence-electron chi connectivity index (χ0n) is 17.9. The monoisotopic (exact) mass is 458 g/mol. The van der Waals surface area contributed by atoms with Crippen molar-refractivity contribution < 1.29 is 23.1 Å². The molecule has 0 atom stereocenters. The quantitative estimate of drug-likeness (QED) is 0.279. The zero-order chi connectivity index (χ0) is 22.1. The summed E-state index contributed by atoms with van der Waals surface area (Å²) >= 11 is 1.61. The fourth-order valence-corrected chi connectivity index (χ4v) is 5.74. The molecule has 0 fully saturated rings. The van der Waals surface area contributed by atoms with Crippen LogP contribution in [-0.2, 0) is 19.8 Å². The van der Waals surface area contributed by atoms with Gasteiger partial charge in [-0.25, -0.2) is 0 Å². The van der Waals surface area contributed by atoms with Gasteiger partial charge in [0.2, 0.25) is 0 Å². The summed E-state index contributed by atoms with van der Waals surface area (Å²) in [4.78, 5) is 2.07. The molecule has 0 N–H and O–H groups in total. The summed E-state index contributed by atoms with van der Waals surface area (Å²) in [6.07, 6.45) is 0.247. The van der Waals surface area contributed by atoms with Crippen LogP contribution in [0.4, 0.5) is 0 Å². The van der Waals surface area contributed by atoms with E-state index in [0.29, 0.717) is 13.2 Å². The second-order valence-corrected chi connectivity index (χ2v) is 9.73. The fraction of sp³-hybridized carbons (Fsp3) is 0.250. The van der Waals surface area contributed by atoms with Gasteiger partial charge in [-0.3, -0.25) is 4.57 Å². The Hall–Kier alpha value is -2.24. The molecule has 5 nitrogen and oxygen atoms in total. The molecule has 0 bridgehead atoms. The van der Waals surface area contributed by atoms with Gasteiger partial charge in [-0.1, -0.05) is 30.0 Å². The zero-order valence-corrected chi connectivity index (χ0v) is 19.7. The predicted molar refractivity (Wildman–Crippen MR) is 125 cm³/mol. The smallest absolute Gasteiger partial charge is 0.335 e. The van der Waals surface area contributed by atoms with Crippen LogP contribution in [0.15, 0.2) is 82.6 Å². The summed E-state index contributed by atoms with van der Waals surface area (Å²) < 4.78 is 35.0. The molecule has 0 spiro atoms. The van der Waals surface area contributed by atoms with Crippen molar-refractivity contribution in [1.29, 1.82) is 0 Å². The van der Waals surface area contributed by atoms with Gasteiger partial charge in [0.25, 0.3) is 0 Å². The van der Waals surface area contributed by atoms with Crippen LogP contribution in [0.2, 0.25) is 0 Å². The third kappa shape index (κ3) is 6.88. The first-order valence-electron chi connectivity index (χ1n) is 10.1. The molecule has 0 saturated carbocycles. The Kier molecular flexibility index (Phi) is 8.61. The molecule has 0 saturated heterocycles. The van der Waals surface area contributed by atoms with E-state index in [1.807, 2.05) is 86.6 Å². The molecule has 31 heavy (non-hydrogen) atoms. The van der Waals surface area contributed by atoms with Crippen molar-refractivity contribution in [2.24, 2.45) is 0 Å². The Labute approximate surface area is 188 Å². The molecule has 0 aliphatic rings. The summed E-state index contributed by atoms with van der Waals surface area (Å²) in [5.74, 6) is 2.28. The molecule has 0 radical (unpaired) electrons. The average Bonchev–Trinajstić information content (AvgIpc) is 2.77. The van der Waals surface area contributed by atoms with Crippen LogP contribution in [0.1, 0.15) is 19.4 Å². The lowest BCUT2D eigenvalue weighted by Crippen LogP contribution is -2.00. The summed E-state index contributed by atoms with van der Waals surface area (Å²) in [5, 5.41) is 0. The van der Waals surface area contributed by atoms with Crippen molar-refractivity contribution in [3.05, 3.63) is 78.4 Å². The van der Waals surface area contributed by atoms with Crippen molar-refractivity contribution in [1.82, 2.24) is 0 Å². The Morgan fingerprint density at radius 2 is 1.32 bits per heavy atom. The van der Waals surface area contributed by atoms with Crippen LogP contribution in [-0.4, -0.2) is 20.3 Å². The standard InChI is InChI=1S/C24H27O5PS/c1-4-27-30(25,28-5-2)18-19-8-6-7-9-24(19)31-23-16-14-22(15-17-23)29-21-12-10-20(26-3)11-13-21/h6-17H,4-5,18H2,1-3H3. The highest BCUT2D eigenvalue weighted by Gasteiger charge is 2.25. The van der Waals surface area contributed by atoms with Crippen molar-refractivity contribution in [3.63, 3.8) is 0 Å². The largest absolute Gasteiger partial charge is 0.497 e. The van der Waals surface area contributed by atoms with Gasteiger partial charge in [-0.05, 0) is 74.0 Å². The summed E-state index contributed by atoms with van der Waals surface area (Å²) in [5.41, 5.74) is 0.941. The molecule has 3 rings (SSSR count). The molecule has 0 unspecified atom stereocenters. The van der Waals surface area contributed by atoms with Crippen LogP contribution in [0.5, 0.6) is 17.2 Å². The van der Waals surface area contributed by atoms with Gasteiger partial charge in [-0.15, -0.1) is 0 Å². The molecule has 0 aliphatic carbocycles. The topological polar surface area (TPSA) is 54.0 Å². The number of rotatable bonds is 11. The molecular weight excluding hydrogens is 431 g/mol. The van der Waals surface area contributed by atoms with Gasteiger partial charge in [0.15, 0.2) is 0 Å². The predicted octanol–water partition coefficient (Wildman–Crippen LogP) is 7.40. The van der Waals surface area contributed by atoms with Gasteiger partial charge in [0.05, 0.1) is 26.5 Å². The fourth-order valence-electron chi connectivity index (χ4n) is 2.95. The second kappa shape index (κ2) is 11.4. The van der Waals surface area contributed by atoms with Crippen LogP contribution in [0.25, 0.3) is 0 Å². The van der Waals surface area contributed by atoms with Crippen LogP contribution < -0.4 is 9.47 Å². The first kappa shape index (κ1) is 23.4. The Balaban J connectivity index is 1.70. The minimum atomic E-state index is -3.17. The summed E-state index contributed by atoms with van der Waals surface area (Å²) in [6, 6.07) is 23.2. The lowest BCUT2D eigenvalue weighted by molar-refractivity contribution is 0.219. The van der Waals surface area contributed by atoms with Gasteiger partial charge in [-0.2, -0.15) is 0 Å². The van der Waals surface area contributed by atoms with E-state index in [4.69, 9.17) is 18.5 Å². The van der Waals surface area contributed by atoms with Crippen molar-refractivity contribution in [3.8, 4) is 17.2 Å². The third-order valence-electron chi connectivity index (χ3n) is 4.33. The van der Waals surface area contributed by atoms with E-state index in [0.717, 1.165) is 32.6 Å². The van der Waals surface area contributed by atoms with E-state index in [1.165, 1.54) is 0 Å². The van der Waals surface area contributed by atoms with E-state index in [9.17, 15) is 4.57 Å². The first-order chi connectivity index (χ1) is 15.0. The molecule has 0 aromatic heterocycles. The maximum atomic E-state index is 13.0. The van der Waals surface area contributed by atoms with Crippen LogP contribution >= 0.6 is 19.4 Å². The molecule has 0 amide bonds. The second-order valence-electron chi connectivity index (χ2n) is 6.56. The molecular formula is C24H27O5PS.